The Kier molecular flexibility index (Phi) is 4.06. The SMILES string of the molecule is O=C1CCCC2=C1C(c1ccc(-c3ccccc3Cl)o1)c1c([nH]c(=O)[nH]c1=O)N2. The number of aromatic nitrogens is 2. The molecule has 0 radical (unpaired) electrons. The highest BCUT2D eigenvalue weighted by Gasteiger charge is 2.39. The number of ketones is 1. The first-order valence-electron chi connectivity index (χ1n) is 9.27. The van der Waals surface area contributed by atoms with Gasteiger partial charge in [0.05, 0.1) is 16.5 Å². The van der Waals surface area contributed by atoms with Gasteiger partial charge in [-0.3, -0.25) is 19.6 Å². The smallest absolute Gasteiger partial charge is 0.327 e. The standard InChI is InChI=1S/C21H16ClN3O4/c22-11-5-2-1-4-10(11)14-8-9-15(29-14)17-16-12(6-3-7-13(16)26)23-19-18(17)20(27)25-21(28)24-19/h1-2,4-5,8-9,17H,3,6-7H2,(H3,23,24,25,27,28). The van der Waals surface area contributed by atoms with E-state index in [0.717, 1.165) is 5.70 Å². The number of hydrogen-bond donors (Lipinski definition) is 3. The minimum Gasteiger partial charge on any atom is -0.460 e. The van der Waals surface area contributed by atoms with Crippen LogP contribution in [0.2, 0.25) is 5.02 Å². The molecule has 0 fully saturated rings. The molecular weight excluding hydrogens is 394 g/mol. The Balaban J connectivity index is 1.72. The molecule has 1 atom stereocenters. The average molecular weight is 410 g/mol. The number of nitrogens with one attached hydrogen (secondary N) is 3. The molecule has 0 saturated carbocycles. The third-order valence-electron chi connectivity index (χ3n) is 5.34. The molecule has 0 bridgehead atoms. The monoisotopic (exact) mass is 409 g/mol. The second-order valence-corrected chi connectivity index (χ2v) is 7.51. The minimum atomic E-state index is -0.703. The number of carbonyl (C=O) groups is 1. The maximum absolute atomic E-state index is 12.8. The van der Waals surface area contributed by atoms with E-state index < -0.39 is 17.2 Å². The fourth-order valence-electron chi connectivity index (χ4n) is 4.09. The van der Waals surface area contributed by atoms with E-state index in [1.54, 1.807) is 18.2 Å². The number of hydrogen-bond acceptors (Lipinski definition) is 5. The van der Waals surface area contributed by atoms with Crippen LogP contribution < -0.4 is 16.6 Å². The highest BCUT2D eigenvalue weighted by molar-refractivity contribution is 6.33. The maximum atomic E-state index is 12.8. The van der Waals surface area contributed by atoms with Gasteiger partial charge in [0, 0.05) is 23.3 Å². The second kappa shape index (κ2) is 6.63. The Hall–Kier alpha value is -3.32. The van der Waals surface area contributed by atoms with Crippen LogP contribution in [0, 0.1) is 0 Å². The van der Waals surface area contributed by atoms with E-state index in [1.807, 2.05) is 18.2 Å². The van der Waals surface area contributed by atoms with Gasteiger partial charge >= 0.3 is 5.69 Å². The Morgan fingerprint density at radius 3 is 2.66 bits per heavy atom. The van der Waals surface area contributed by atoms with Gasteiger partial charge in [0.1, 0.15) is 17.3 Å². The third-order valence-corrected chi connectivity index (χ3v) is 5.67. The van der Waals surface area contributed by atoms with Crippen LogP contribution in [0.25, 0.3) is 11.3 Å². The molecule has 1 aromatic carbocycles. The Labute approximate surface area is 169 Å². The third kappa shape index (κ3) is 2.86. The molecule has 1 aliphatic heterocycles. The van der Waals surface area contributed by atoms with Crippen LogP contribution in [-0.2, 0) is 4.79 Å². The van der Waals surface area contributed by atoms with Crippen molar-refractivity contribution in [2.24, 2.45) is 0 Å². The van der Waals surface area contributed by atoms with Gasteiger partial charge in [-0.25, -0.2) is 4.79 Å². The van der Waals surface area contributed by atoms with E-state index in [-0.39, 0.29) is 11.3 Å². The summed E-state index contributed by atoms with van der Waals surface area (Å²) < 4.78 is 6.09. The minimum absolute atomic E-state index is 0.0318. The number of rotatable bonds is 2. The van der Waals surface area contributed by atoms with Crippen LogP contribution in [-0.4, -0.2) is 15.8 Å². The van der Waals surface area contributed by atoms with Crippen molar-refractivity contribution in [3.8, 4) is 11.3 Å². The summed E-state index contributed by atoms with van der Waals surface area (Å²) in [7, 11) is 0. The zero-order chi connectivity index (χ0) is 20.1. The van der Waals surface area contributed by atoms with Crippen molar-refractivity contribution in [2.45, 2.75) is 25.2 Å². The number of aromatic amines is 2. The number of benzene rings is 1. The Morgan fingerprint density at radius 2 is 1.83 bits per heavy atom. The number of H-pyrrole nitrogens is 2. The molecule has 0 saturated heterocycles. The lowest BCUT2D eigenvalue weighted by Crippen LogP contribution is -2.35. The van der Waals surface area contributed by atoms with Crippen molar-refractivity contribution in [1.82, 2.24) is 9.97 Å². The van der Waals surface area contributed by atoms with E-state index in [2.05, 4.69) is 15.3 Å². The average Bonchev–Trinajstić information content (AvgIpc) is 3.16. The van der Waals surface area contributed by atoms with E-state index >= 15 is 0 Å². The van der Waals surface area contributed by atoms with Crippen LogP contribution in [0.1, 0.15) is 36.5 Å². The van der Waals surface area contributed by atoms with E-state index in [4.69, 9.17) is 16.0 Å². The fourth-order valence-corrected chi connectivity index (χ4v) is 4.32. The van der Waals surface area contributed by atoms with Crippen LogP contribution in [0.3, 0.4) is 0 Å². The van der Waals surface area contributed by atoms with E-state index in [1.165, 1.54) is 0 Å². The summed E-state index contributed by atoms with van der Waals surface area (Å²) in [6, 6.07) is 10.8. The molecule has 3 aromatic rings. The second-order valence-electron chi connectivity index (χ2n) is 7.11. The lowest BCUT2D eigenvalue weighted by molar-refractivity contribution is -0.116. The van der Waals surface area contributed by atoms with E-state index in [9.17, 15) is 14.4 Å². The topological polar surface area (TPSA) is 108 Å². The summed E-state index contributed by atoms with van der Waals surface area (Å²) >= 11 is 6.28. The first kappa shape index (κ1) is 17.8. The number of anilines is 1. The summed E-state index contributed by atoms with van der Waals surface area (Å²) in [6.45, 7) is 0. The van der Waals surface area contributed by atoms with Crippen LogP contribution >= 0.6 is 11.6 Å². The van der Waals surface area contributed by atoms with Crippen molar-refractivity contribution in [3.63, 3.8) is 0 Å². The van der Waals surface area contributed by atoms with Crippen molar-refractivity contribution >= 4 is 23.2 Å². The molecule has 0 amide bonds. The number of furan rings is 1. The highest BCUT2D eigenvalue weighted by Crippen LogP contribution is 2.44. The Bertz CT molecular complexity index is 1300. The lowest BCUT2D eigenvalue weighted by atomic mass is 9.79. The largest absolute Gasteiger partial charge is 0.460 e. The van der Waals surface area contributed by atoms with Gasteiger partial charge in [0.25, 0.3) is 5.56 Å². The summed E-state index contributed by atoms with van der Waals surface area (Å²) in [5.74, 6) is 0.550. The molecule has 2 aromatic heterocycles. The first-order chi connectivity index (χ1) is 14.0. The maximum Gasteiger partial charge on any atom is 0.327 e. The molecule has 146 valence electrons. The summed E-state index contributed by atoms with van der Waals surface area (Å²) in [5.41, 5.74) is 1.05. The molecule has 2 aliphatic rings. The predicted octanol–water partition coefficient (Wildman–Crippen LogP) is 3.54. The van der Waals surface area contributed by atoms with Gasteiger partial charge in [-0.1, -0.05) is 23.7 Å². The zero-order valence-electron chi connectivity index (χ0n) is 15.2. The molecule has 8 heteroatoms. The lowest BCUT2D eigenvalue weighted by Gasteiger charge is -2.31. The molecular formula is C21H16ClN3O4. The van der Waals surface area contributed by atoms with Gasteiger partial charge in [-0.05, 0) is 37.1 Å². The predicted molar refractivity (Wildman–Crippen MR) is 108 cm³/mol. The van der Waals surface area contributed by atoms with Crippen molar-refractivity contribution < 1.29 is 9.21 Å². The van der Waals surface area contributed by atoms with Gasteiger partial charge < -0.3 is 9.73 Å². The molecule has 29 heavy (non-hydrogen) atoms. The first-order valence-corrected chi connectivity index (χ1v) is 9.65. The quantitative estimate of drug-likeness (QED) is 0.600. The summed E-state index contributed by atoms with van der Waals surface area (Å²) in [4.78, 5) is 42.1. The summed E-state index contributed by atoms with van der Waals surface area (Å²) in [6.07, 6.45) is 1.78. The molecule has 3 heterocycles. The van der Waals surface area contributed by atoms with Crippen molar-refractivity contribution in [3.05, 3.63) is 84.9 Å². The Morgan fingerprint density at radius 1 is 1.00 bits per heavy atom. The normalized spacial score (nSPS) is 18.2. The van der Waals surface area contributed by atoms with Crippen LogP contribution in [0.5, 0.6) is 0 Å². The molecule has 3 N–H and O–H groups in total. The number of halogens is 1. The fraction of sp³-hybridized carbons (Fsp3) is 0.190. The molecule has 1 unspecified atom stereocenters. The van der Waals surface area contributed by atoms with Crippen LogP contribution in [0.15, 0.2) is 61.7 Å². The van der Waals surface area contributed by atoms with Crippen molar-refractivity contribution in [2.75, 3.05) is 5.32 Å². The number of Topliss-reactive ketones (excluding diaryl/α,β-unsaturated/α-hetero) is 1. The number of fused-ring (bicyclic) bond motifs is 1. The van der Waals surface area contributed by atoms with Gasteiger partial charge in [0.15, 0.2) is 5.78 Å². The highest BCUT2D eigenvalue weighted by atomic mass is 35.5. The van der Waals surface area contributed by atoms with Gasteiger partial charge in [-0.2, -0.15) is 0 Å². The van der Waals surface area contributed by atoms with Gasteiger partial charge in [-0.15, -0.1) is 0 Å². The zero-order valence-corrected chi connectivity index (χ0v) is 15.9. The van der Waals surface area contributed by atoms with E-state index in [0.29, 0.717) is 52.8 Å². The summed E-state index contributed by atoms with van der Waals surface area (Å²) in [5, 5.41) is 3.62. The van der Waals surface area contributed by atoms with Gasteiger partial charge in [0.2, 0.25) is 0 Å². The molecule has 0 spiro atoms. The number of allylic oxidation sites excluding steroid dienone is 2. The molecule has 7 nitrogen and oxygen atoms in total. The van der Waals surface area contributed by atoms with Crippen LogP contribution in [0.4, 0.5) is 5.82 Å². The van der Waals surface area contributed by atoms with Crippen molar-refractivity contribution in [1.29, 1.82) is 0 Å². The molecule has 1 aliphatic carbocycles. The molecule has 5 rings (SSSR count). The number of carbonyl (C=O) groups excluding carboxylic acids is 1.